The van der Waals surface area contributed by atoms with Gasteiger partial charge < -0.3 is 10.6 Å². The lowest BCUT2D eigenvalue weighted by Crippen LogP contribution is -2.50. The first kappa shape index (κ1) is 26.1. The van der Waals surface area contributed by atoms with Crippen LogP contribution in [0.15, 0.2) is 4.99 Å². The van der Waals surface area contributed by atoms with Crippen molar-refractivity contribution >= 4 is 50.8 Å². The van der Waals surface area contributed by atoms with Gasteiger partial charge in [0.1, 0.15) is 0 Å². The zero-order valence-corrected chi connectivity index (χ0v) is 20.5. The standard InChI is InChI=1S/C16H34N4O3S2.HI/c1-6-13-25(22,23)20-10-7-14(8-11-20)19-15(17-5)18-9-12-24(21)16(2,3)4;/h14H,6-13H2,1-5H3,(H2,17,18,19);1H. The van der Waals surface area contributed by atoms with E-state index in [-0.39, 0.29) is 40.5 Å². The minimum atomic E-state index is -3.10. The fraction of sp³-hybridized carbons (Fsp3) is 0.938. The number of nitrogens with zero attached hydrogens (tertiary/aromatic N) is 2. The van der Waals surface area contributed by atoms with Crippen molar-refractivity contribution in [3.8, 4) is 0 Å². The molecule has 0 spiro atoms. The summed E-state index contributed by atoms with van der Waals surface area (Å²) in [6, 6.07) is 0.201. The van der Waals surface area contributed by atoms with E-state index in [2.05, 4.69) is 15.6 Å². The predicted octanol–water partition coefficient (Wildman–Crippen LogP) is 1.52. The Morgan fingerprint density at radius 2 is 1.85 bits per heavy atom. The van der Waals surface area contributed by atoms with E-state index in [1.165, 1.54) is 0 Å². The number of halogens is 1. The van der Waals surface area contributed by atoms with E-state index in [9.17, 15) is 12.6 Å². The van der Waals surface area contributed by atoms with Gasteiger partial charge in [-0.2, -0.15) is 0 Å². The maximum absolute atomic E-state index is 12.1. The molecule has 26 heavy (non-hydrogen) atoms. The summed E-state index contributed by atoms with van der Waals surface area (Å²) >= 11 is 0. The molecule has 0 aliphatic carbocycles. The minimum absolute atomic E-state index is 0. The molecule has 1 atom stereocenters. The number of guanidine groups is 1. The lowest BCUT2D eigenvalue weighted by molar-refractivity contribution is 0.306. The molecule has 1 aliphatic heterocycles. The van der Waals surface area contributed by atoms with Gasteiger partial charge in [0.15, 0.2) is 5.96 Å². The highest BCUT2D eigenvalue weighted by atomic mass is 127. The predicted molar refractivity (Wildman–Crippen MR) is 121 cm³/mol. The second kappa shape index (κ2) is 11.8. The van der Waals surface area contributed by atoms with Crippen LogP contribution < -0.4 is 10.6 Å². The summed E-state index contributed by atoms with van der Waals surface area (Å²) in [6.07, 6.45) is 2.17. The average Bonchev–Trinajstić information content (AvgIpc) is 2.53. The molecule has 1 fully saturated rings. The monoisotopic (exact) mass is 522 g/mol. The van der Waals surface area contributed by atoms with Gasteiger partial charge in [0.2, 0.25) is 10.0 Å². The molecule has 1 rings (SSSR count). The summed E-state index contributed by atoms with van der Waals surface area (Å²) in [5, 5.41) is 6.54. The molecule has 1 saturated heterocycles. The summed E-state index contributed by atoms with van der Waals surface area (Å²) in [7, 11) is -2.30. The van der Waals surface area contributed by atoms with Gasteiger partial charge in [-0.25, -0.2) is 12.7 Å². The number of hydrogen-bond donors (Lipinski definition) is 2. The Kier molecular flexibility index (Phi) is 11.8. The molecule has 0 radical (unpaired) electrons. The molecular formula is C16H35IN4O3S2. The van der Waals surface area contributed by atoms with Gasteiger partial charge in [-0.3, -0.25) is 9.20 Å². The number of piperidine rings is 1. The summed E-state index contributed by atoms with van der Waals surface area (Å²) in [6.45, 7) is 9.47. The van der Waals surface area contributed by atoms with Crippen molar-refractivity contribution in [3.05, 3.63) is 0 Å². The van der Waals surface area contributed by atoms with Crippen LogP contribution in [0.3, 0.4) is 0 Å². The Labute approximate surface area is 178 Å². The van der Waals surface area contributed by atoms with E-state index < -0.39 is 20.8 Å². The molecule has 1 unspecified atom stereocenters. The lowest BCUT2D eigenvalue weighted by atomic mass is 10.1. The third-order valence-electron chi connectivity index (χ3n) is 4.14. The van der Waals surface area contributed by atoms with Gasteiger partial charge in [0.05, 0.1) is 5.75 Å². The Balaban J connectivity index is 0.00000625. The van der Waals surface area contributed by atoms with Crippen LogP contribution in [0.25, 0.3) is 0 Å². The summed E-state index contributed by atoms with van der Waals surface area (Å²) in [4.78, 5) is 4.20. The molecule has 0 aromatic rings. The van der Waals surface area contributed by atoms with E-state index in [1.807, 2.05) is 27.7 Å². The first-order valence-electron chi connectivity index (χ1n) is 8.93. The van der Waals surface area contributed by atoms with Crippen LogP contribution in [0.1, 0.15) is 47.0 Å². The van der Waals surface area contributed by atoms with Crippen LogP contribution in [0.2, 0.25) is 0 Å². The quantitative estimate of drug-likeness (QED) is 0.301. The second-order valence-electron chi connectivity index (χ2n) is 7.29. The van der Waals surface area contributed by atoms with Gasteiger partial charge in [-0.05, 0) is 40.0 Å². The average molecular weight is 523 g/mol. The third kappa shape index (κ3) is 8.83. The Bertz CT molecular complexity index is 569. The van der Waals surface area contributed by atoms with E-state index in [0.717, 1.165) is 12.8 Å². The minimum Gasteiger partial charge on any atom is -0.355 e. The molecule has 0 aromatic heterocycles. The highest BCUT2D eigenvalue weighted by Crippen LogP contribution is 2.15. The smallest absolute Gasteiger partial charge is 0.214 e. The molecule has 0 bridgehead atoms. The number of nitrogens with one attached hydrogen (secondary N) is 2. The maximum atomic E-state index is 12.1. The second-order valence-corrected chi connectivity index (χ2v) is 11.7. The molecular weight excluding hydrogens is 487 g/mol. The molecule has 1 aliphatic rings. The van der Waals surface area contributed by atoms with Gasteiger partial charge in [-0.1, -0.05) is 6.92 Å². The van der Waals surface area contributed by atoms with Crippen LogP contribution >= 0.6 is 24.0 Å². The van der Waals surface area contributed by atoms with Crippen molar-refractivity contribution < 1.29 is 12.6 Å². The first-order chi connectivity index (χ1) is 11.6. The van der Waals surface area contributed by atoms with Crippen molar-refractivity contribution in [2.75, 3.05) is 38.2 Å². The van der Waals surface area contributed by atoms with E-state index in [1.54, 1.807) is 11.4 Å². The Morgan fingerprint density at radius 3 is 2.31 bits per heavy atom. The van der Waals surface area contributed by atoms with Crippen molar-refractivity contribution in [3.63, 3.8) is 0 Å². The van der Waals surface area contributed by atoms with Crippen molar-refractivity contribution in [1.82, 2.24) is 14.9 Å². The summed E-state index contributed by atoms with van der Waals surface area (Å²) < 4.78 is 37.6. The molecule has 0 amide bonds. The van der Waals surface area contributed by atoms with Crippen molar-refractivity contribution in [2.24, 2.45) is 4.99 Å². The highest BCUT2D eigenvalue weighted by molar-refractivity contribution is 14.0. The number of aliphatic imine (C=N–C) groups is 1. The molecule has 0 saturated carbocycles. The molecule has 7 nitrogen and oxygen atoms in total. The lowest BCUT2D eigenvalue weighted by Gasteiger charge is -2.32. The van der Waals surface area contributed by atoms with Crippen LogP contribution in [0.4, 0.5) is 0 Å². The molecule has 156 valence electrons. The Hall–Kier alpha value is 0.0600. The van der Waals surface area contributed by atoms with Crippen LogP contribution in [0.5, 0.6) is 0 Å². The fourth-order valence-electron chi connectivity index (χ4n) is 2.62. The van der Waals surface area contributed by atoms with Gasteiger partial charge in [0, 0.05) is 54.0 Å². The summed E-state index contributed by atoms with van der Waals surface area (Å²) in [5.74, 6) is 1.47. The number of rotatable bonds is 7. The normalized spacial score (nSPS) is 18.9. The zero-order valence-electron chi connectivity index (χ0n) is 16.6. The molecule has 1 heterocycles. The Morgan fingerprint density at radius 1 is 1.27 bits per heavy atom. The fourth-order valence-corrected chi connectivity index (χ4v) is 5.06. The highest BCUT2D eigenvalue weighted by Gasteiger charge is 2.27. The van der Waals surface area contributed by atoms with Crippen molar-refractivity contribution in [2.45, 2.75) is 57.7 Å². The molecule has 2 N–H and O–H groups in total. The maximum Gasteiger partial charge on any atom is 0.214 e. The SMILES string of the molecule is CCCS(=O)(=O)N1CCC(NC(=NC)NCCS(=O)C(C)(C)C)CC1.I. The van der Waals surface area contributed by atoms with E-state index in [0.29, 0.717) is 37.8 Å². The van der Waals surface area contributed by atoms with Gasteiger partial charge in [-0.15, -0.1) is 24.0 Å². The zero-order chi connectivity index (χ0) is 19.1. The largest absolute Gasteiger partial charge is 0.355 e. The van der Waals surface area contributed by atoms with E-state index in [4.69, 9.17) is 0 Å². The first-order valence-corrected chi connectivity index (χ1v) is 11.9. The topological polar surface area (TPSA) is 90.9 Å². The van der Waals surface area contributed by atoms with Gasteiger partial charge >= 0.3 is 0 Å². The third-order valence-corrected chi connectivity index (χ3v) is 8.15. The van der Waals surface area contributed by atoms with Crippen LogP contribution in [-0.2, 0) is 20.8 Å². The number of sulfonamides is 1. The molecule has 0 aromatic carbocycles. The molecule has 10 heteroatoms. The van der Waals surface area contributed by atoms with E-state index >= 15 is 0 Å². The summed E-state index contributed by atoms with van der Waals surface area (Å²) in [5.41, 5.74) is 0. The van der Waals surface area contributed by atoms with Gasteiger partial charge in [0.25, 0.3) is 0 Å². The van der Waals surface area contributed by atoms with Crippen LogP contribution in [0, 0.1) is 0 Å². The number of hydrogen-bond acceptors (Lipinski definition) is 4. The van der Waals surface area contributed by atoms with Crippen LogP contribution in [-0.4, -0.2) is 71.9 Å². The van der Waals surface area contributed by atoms with Crippen molar-refractivity contribution in [1.29, 1.82) is 0 Å².